The number of hydrogen-bond acceptors (Lipinski definition) is 5. The minimum atomic E-state index is -0.493. The number of non-ortho nitro benzene ring substituents is 1. The minimum absolute atomic E-state index is 0.0439. The zero-order valence-electron chi connectivity index (χ0n) is 14.8. The van der Waals surface area contributed by atoms with Gasteiger partial charge in [-0.1, -0.05) is 54.6 Å². The monoisotopic (exact) mass is 375 g/mol. The molecule has 3 rings (SSSR count). The molecule has 3 aromatic carbocycles. The van der Waals surface area contributed by atoms with Gasteiger partial charge in [-0.15, -0.1) is 0 Å². The van der Waals surface area contributed by atoms with Gasteiger partial charge in [-0.05, 0) is 23.3 Å². The van der Waals surface area contributed by atoms with E-state index in [1.54, 1.807) is 24.3 Å². The Balaban J connectivity index is 1.49. The van der Waals surface area contributed by atoms with Crippen LogP contribution in [0.4, 0.5) is 5.69 Å². The van der Waals surface area contributed by atoms with Gasteiger partial charge in [0.15, 0.2) is 6.61 Å². The fourth-order valence-electron chi connectivity index (χ4n) is 2.45. The maximum atomic E-state index is 11.8. The molecule has 0 atom stereocenters. The van der Waals surface area contributed by atoms with Crippen LogP contribution in [-0.4, -0.2) is 23.7 Å². The standard InChI is InChI=1S/C21H17N3O4/c25-21(23-22-14-16-5-4-8-19(13-16)24(26)27)15-28-20-11-9-18(10-12-20)17-6-2-1-3-7-17/h1-14H,15H2,(H,23,25). The van der Waals surface area contributed by atoms with Gasteiger partial charge in [0.25, 0.3) is 11.6 Å². The van der Waals surface area contributed by atoms with Crippen molar-refractivity contribution in [3.63, 3.8) is 0 Å². The number of rotatable bonds is 7. The Hall–Kier alpha value is -4.00. The molecule has 0 radical (unpaired) electrons. The van der Waals surface area contributed by atoms with Crippen LogP contribution in [0.15, 0.2) is 84.0 Å². The smallest absolute Gasteiger partial charge is 0.277 e. The topological polar surface area (TPSA) is 93.8 Å². The molecule has 1 N–H and O–H groups in total. The molecule has 0 aliphatic rings. The first kappa shape index (κ1) is 18.8. The van der Waals surface area contributed by atoms with Gasteiger partial charge in [0.05, 0.1) is 11.1 Å². The third kappa shape index (κ3) is 5.25. The number of nitro benzene ring substituents is 1. The lowest BCUT2D eigenvalue weighted by Gasteiger charge is -2.06. The Kier molecular flexibility index (Phi) is 6.10. The van der Waals surface area contributed by atoms with Crippen LogP contribution in [-0.2, 0) is 4.79 Å². The zero-order valence-corrected chi connectivity index (χ0v) is 14.8. The van der Waals surface area contributed by atoms with Crippen LogP contribution in [0.25, 0.3) is 11.1 Å². The van der Waals surface area contributed by atoms with Gasteiger partial charge < -0.3 is 4.74 Å². The van der Waals surface area contributed by atoms with Crippen molar-refractivity contribution in [1.29, 1.82) is 0 Å². The van der Waals surface area contributed by atoms with Crippen LogP contribution in [0.2, 0.25) is 0 Å². The number of benzene rings is 3. The summed E-state index contributed by atoms with van der Waals surface area (Å²) < 4.78 is 5.44. The fourth-order valence-corrected chi connectivity index (χ4v) is 2.45. The van der Waals surface area contributed by atoms with E-state index in [2.05, 4.69) is 10.5 Å². The molecule has 0 aliphatic heterocycles. The number of ether oxygens (including phenoxy) is 1. The third-order valence-corrected chi connectivity index (χ3v) is 3.82. The molecule has 0 fully saturated rings. The lowest BCUT2D eigenvalue weighted by Crippen LogP contribution is -2.24. The summed E-state index contributed by atoms with van der Waals surface area (Å²) in [5, 5.41) is 14.5. The predicted octanol–water partition coefficient (Wildman–Crippen LogP) is 3.79. The molecule has 140 valence electrons. The number of carbonyl (C=O) groups excluding carboxylic acids is 1. The maximum absolute atomic E-state index is 11.8. The summed E-state index contributed by atoms with van der Waals surface area (Å²) in [5.74, 6) is 0.131. The highest BCUT2D eigenvalue weighted by atomic mass is 16.6. The largest absolute Gasteiger partial charge is 0.484 e. The summed E-state index contributed by atoms with van der Waals surface area (Å²) in [7, 11) is 0. The van der Waals surface area contributed by atoms with Gasteiger partial charge >= 0.3 is 0 Å². The van der Waals surface area contributed by atoms with Gasteiger partial charge in [0, 0.05) is 17.7 Å². The van der Waals surface area contributed by atoms with Crippen molar-refractivity contribution in [1.82, 2.24) is 5.43 Å². The first-order valence-corrected chi connectivity index (χ1v) is 8.46. The van der Waals surface area contributed by atoms with E-state index in [-0.39, 0.29) is 12.3 Å². The molecule has 0 spiro atoms. The number of hydrazone groups is 1. The Morgan fingerprint density at radius 2 is 1.71 bits per heavy atom. The van der Waals surface area contributed by atoms with Crippen molar-refractivity contribution in [3.05, 3.63) is 94.5 Å². The van der Waals surface area contributed by atoms with E-state index >= 15 is 0 Å². The van der Waals surface area contributed by atoms with E-state index < -0.39 is 10.8 Å². The first-order valence-electron chi connectivity index (χ1n) is 8.46. The Morgan fingerprint density at radius 3 is 2.43 bits per heavy atom. The molecule has 0 unspecified atom stereocenters. The fraction of sp³-hybridized carbons (Fsp3) is 0.0476. The summed E-state index contributed by atoms with van der Waals surface area (Å²) in [5.41, 5.74) is 4.94. The number of amides is 1. The average molecular weight is 375 g/mol. The number of carbonyl (C=O) groups is 1. The maximum Gasteiger partial charge on any atom is 0.277 e. The van der Waals surface area contributed by atoms with Crippen LogP contribution in [0.5, 0.6) is 5.75 Å². The Morgan fingerprint density at radius 1 is 1.00 bits per heavy atom. The molecule has 0 aromatic heterocycles. The summed E-state index contributed by atoms with van der Waals surface area (Å²) in [6.07, 6.45) is 1.33. The predicted molar refractivity (Wildman–Crippen MR) is 106 cm³/mol. The molecule has 0 aliphatic carbocycles. The second-order valence-electron chi connectivity index (χ2n) is 5.82. The molecule has 0 bridgehead atoms. The number of hydrogen-bond donors (Lipinski definition) is 1. The minimum Gasteiger partial charge on any atom is -0.484 e. The highest BCUT2D eigenvalue weighted by molar-refractivity contribution is 5.83. The van der Waals surface area contributed by atoms with E-state index in [0.29, 0.717) is 11.3 Å². The summed E-state index contributed by atoms with van der Waals surface area (Å²) in [6.45, 7) is -0.197. The van der Waals surface area contributed by atoms with Crippen LogP contribution in [0, 0.1) is 10.1 Å². The van der Waals surface area contributed by atoms with Crippen LogP contribution in [0.1, 0.15) is 5.56 Å². The van der Waals surface area contributed by atoms with Crippen molar-refractivity contribution in [2.75, 3.05) is 6.61 Å². The lowest BCUT2D eigenvalue weighted by molar-refractivity contribution is -0.384. The average Bonchev–Trinajstić information content (AvgIpc) is 2.73. The Labute approximate surface area is 161 Å². The van der Waals surface area contributed by atoms with Crippen molar-refractivity contribution in [2.45, 2.75) is 0 Å². The highest BCUT2D eigenvalue weighted by Gasteiger charge is 2.05. The van der Waals surface area contributed by atoms with Crippen molar-refractivity contribution in [3.8, 4) is 16.9 Å². The van der Waals surface area contributed by atoms with Crippen molar-refractivity contribution in [2.24, 2.45) is 5.10 Å². The van der Waals surface area contributed by atoms with Gasteiger partial charge in [0.1, 0.15) is 5.75 Å². The SMILES string of the molecule is O=C(COc1ccc(-c2ccccc2)cc1)NN=Cc1cccc([N+](=O)[O-])c1. The van der Waals surface area contributed by atoms with E-state index in [1.165, 1.54) is 18.3 Å². The van der Waals surface area contributed by atoms with Gasteiger partial charge in [-0.3, -0.25) is 14.9 Å². The van der Waals surface area contributed by atoms with Crippen LogP contribution >= 0.6 is 0 Å². The van der Waals surface area contributed by atoms with Gasteiger partial charge in [0.2, 0.25) is 0 Å². The molecule has 1 amide bonds. The Bertz CT molecular complexity index is 986. The van der Waals surface area contributed by atoms with Gasteiger partial charge in [-0.2, -0.15) is 5.10 Å². The van der Waals surface area contributed by atoms with Crippen molar-refractivity contribution < 1.29 is 14.5 Å². The molecule has 7 nitrogen and oxygen atoms in total. The quantitative estimate of drug-likeness (QED) is 0.386. The summed E-state index contributed by atoms with van der Waals surface area (Å²) in [4.78, 5) is 22.1. The second kappa shape index (κ2) is 9.09. The highest BCUT2D eigenvalue weighted by Crippen LogP contribution is 2.21. The molecular formula is C21H17N3O4. The first-order chi connectivity index (χ1) is 13.6. The summed E-state index contributed by atoms with van der Waals surface area (Å²) in [6, 6.07) is 23.3. The lowest BCUT2D eigenvalue weighted by atomic mass is 10.1. The van der Waals surface area contributed by atoms with E-state index in [1.807, 2.05) is 42.5 Å². The number of nitrogens with one attached hydrogen (secondary N) is 1. The van der Waals surface area contributed by atoms with Crippen LogP contribution in [0.3, 0.4) is 0 Å². The molecule has 0 saturated carbocycles. The number of nitro groups is 1. The normalized spacial score (nSPS) is 10.6. The molecule has 3 aromatic rings. The molecule has 0 saturated heterocycles. The second-order valence-corrected chi connectivity index (χ2v) is 5.82. The zero-order chi connectivity index (χ0) is 19.8. The van der Waals surface area contributed by atoms with Crippen molar-refractivity contribution >= 4 is 17.8 Å². The molecular weight excluding hydrogens is 358 g/mol. The van der Waals surface area contributed by atoms with E-state index in [9.17, 15) is 14.9 Å². The molecule has 0 heterocycles. The van der Waals surface area contributed by atoms with E-state index in [0.717, 1.165) is 11.1 Å². The molecule has 7 heteroatoms. The third-order valence-electron chi connectivity index (χ3n) is 3.82. The number of nitrogens with zero attached hydrogens (tertiary/aromatic N) is 2. The summed E-state index contributed by atoms with van der Waals surface area (Å²) >= 11 is 0. The van der Waals surface area contributed by atoms with Gasteiger partial charge in [-0.25, -0.2) is 5.43 Å². The molecule has 28 heavy (non-hydrogen) atoms. The van der Waals surface area contributed by atoms with Crippen LogP contribution < -0.4 is 10.2 Å². The van der Waals surface area contributed by atoms with E-state index in [4.69, 9.17) is 4.74 Å².